The molecule has 1 saturated carbocycles. The smallest absolute Gasteiger partial charge is 0.0124 e. The van der Waals surface area contributed by atoms with E-state index in [4.69, 9.17) is 0 Å². The van der Waals surface area contributed by atoms with Crippen LogP contribution in [0.2, 0.25) is 0 Å². The summed E-state index contributed by atoms with van der Waals surface area (Å²) in [6.07, 6.45) is 10.3. The Morgan fingerprint density at radius 2 is 1.94 bits per heavy atom. The molecule has 3 fully saturated rings. The molecule has 0 aromatic rings. The van der Waals surface area contributed by atoms with Gasteiger partial charge >= 0.3 is 0 Å². The van der Waals surface area contributed by atoms with Crippen molar-refractivity contribution in [2.75, 3.05) is 26.2 Å². The van der Waals surface area contributed by atoms with Crippen molar-refractivity contribution in [2.45, 2.75) is 57.9 Å². The van der Waals surface area contributed by atoms with E-state index in [0.717, 1.165) is 12.0 Å². The minimum Gasteiger partial charge on any atom is -0.316 e. The van der Waals surface area contributed by atoms with Crippen molar-refractivity contribution in [3.63, 3.8) is 0 Å². The Labute approximate surface area is 118 Å². The first kappa shape index (κ1) is 14.6. The zero-order chi connectivity index (χ0) is 11.7. The van der Waals surface area contributed by atoms with Gasteiger partial charge in [-0.05, 0) is 56.5 Å². The van der Waals surface area contributed by atoms with Gasteiger partial charge in [0.1, 0.15) is 0 Å². The predicted octanol–water partition coefficient (Wildman–Crippen LogP) is 3.06. The summed E-state index contributed by atoms with van der Waals surface area (Å²) in [5.74, 6) is 1.04. The van der Waals surface area contributed by atoms with Crippen molar-refractivity contribution in [3.05, 3.63) is 0 Å². The van der Waals surface area contributed by atoms with E-state index >= 15 is 0 Å². The standard InChI is InChI=1S/C15H28N2.ClH/c1-15(8-9-16-11-15)12-17-10-4-7-14(17)13-5-2-3-6-13;/h13-14,16H,2-12H2,1H3;1H. The van der Waals surface area contributed by atoms with Crippen molar-refractivity contribution in [2.24, 2.45) is 11.3 Å². The summed E-state index contributed by atoms with van der Waals surface area (Å²) in [6, 6.07) is 0.940. The molecule has 0 bridgehead atoms. The van der Waals surface area contributed by atoms with Crippen molar-refractivity contribution >= 4 is 12.4 Å². The first-order chi connectivity index (χ1) is 8.27. The van der Waals surface area contributed by atoms with Crippen LogP contribution in [-0.4, -0.2) is 37.1 Å². The van der Waals surface area contributed by atoms with E-state index in [2.05, 4.69) is 17.1 Å². The lowest BCUT2D eigenvalue weighted by molar-refractivity contribution is 0.130. The highest BCUT2D eigenvalue weighted by Crippen LogP contribution is 2.37. The third-order valence-electron chi connectivity index (χ3n) is 5.40. The van der Waals surface area contributed by atoms with Crippen molar-refractivity contribution in [3.8, 4) is 0 Å². The minimum atomic E-state index is 0. The van der Waals surface area contributed by atoms with E-state index in [1.54, 1.807) is 0 Å². The first-order valence-electron chi connectivity index (χ1n) is 7.72. The van der Waals surface area contributed by atoms with Crippen LogP contribution >= 0.6 is 12.4 Å². The normalized spacial score (nSPS) is 38.2. The largest absolute Gasteiger partial charge is 0.316 e. The van der Waals surface area contributed by atoms with Crippen LogP contribution in [0.1, 0.15) is 51.9 Å². The third kappa shape index (κ3) is 3.02. The zero-order valence-electron chi connectivity index (χ0n) is 11.8. The molecule has 2 saturated heterocycles. The Morgan fingerprint density at radius 3 is 2.61 bits per heavy atom. The van der Waals surface area contributed by atoms with Gasteiger partial charge in [-0.1, -0.05) is 19.8 Å². The molecule has 0 radical (unpaired) electrons. The molecule has 3 aliphatic rings. The molecular weight excluding hydrogens is 244 g/mol. The second-order valence-electron chi connectivity index (χ2n) is 6.96. The second-order valence-corrected chi connectivity index (χ2v) is 6.96. The fourth-order valence-corrected chi connectivity index (χ4v) is 4.42. The lowest BCUT2D eigenvalue weighted by atomic mass is 9.87. The van der Waals surface area contributed by atoms with Gasteiger partial charge in [-0.2, -0.15) is 0 Å². The summed E-state index contributed by atoms with van der Waals surface area (Å²) in [5, 5.41) is 3.54. The molecule has 2 heterocycles. The number of nitrogens with zero attached hydrogens (tertiary/aromatic N) is 1. The van der Waals surface area contributed by atoms with E-state index in [9.17, 15) is 0 Å². The highest BCUT2D eigenvalue weighted by atomic mass is 35.5. The molecule has 3 rings (SSSR count). The van der Waals surface area contributed by atoms with Gasteiger partial charge in [-0.3, -0.25) is 4.90 Å². The number of rotatable bonds is 3. The summed E-state index contributed by atoms with van der Waals surface area (Å²) in [4.78, 5) is 2.85. The highest BCUT2D eigenvalue weighted by molar-refractivity contribution is 5.85. The van der Waals surface area contributed by atoms with E-state index < -0.39 is 0 Å². The maximum absolute atomic E-state index is 3.54. The Kier molecular flexibility index (Phi) is 4.96. The Morgan fingerprint density at radius 1 is 1.17 bits per heavy atom. The first-order valence-corrected chi connectivity index (χ1v) is 7.72. The van der Waals surface area contributed by atoms with E-state index in [1.807, 2.05) is 0 Å². The zero-order valence-corrected chi connectivity index (χ0v) is 12.6. The molecule has 18 heavy (non-hydrogen) atoms. The van der Waals surface area contributed by atoms with Crippen LogP contribution < -0.4 is 5.32 Å². The third-order valence-corrected chi connectivity index (χ3v) is 5.40. The van der Waals surface area contributed by atoms with E-state index in [-0.39, 0.29) is 12.4 Å². The molecule has 1 N–H and O–H groups in total. The lowest BCUT2D eigenvalue weighted by Gasteiger charge is -2.35. The van der Waals surface area contributed by atoms with Crippen LogP contribution in [0, 0.1) is 11.3 Å². The van der Waals surface area contributed by atoms with Gasteiger partial charge in [0, 0.05) is 19.1 Å². The minimum absolute atomic E-state index is 0. The highest BCUT2D eigenvalue weighted by Gasteiger charge is 2.38. The summed E-state index contributed by atoms with van der Waals surface area (Å²) in [6.45, 7) is 7.67. The number of likely N-dealkylation sites (tertiary alicyclic amines) is 1. The molecule has 0 aromatic heterocycles. The molecule has 3 heteroatoms. The number of hydrogen-bond donors (Lipinski definition) is 1. The molecule has 0 amide bonds. The quantitative estimate of drug-likeness (QED) is 0.850. The van der Waals surface area contributed by atoms with Gasteiger partial charge in [-0.25, -0.2) is 0 Å². The fourth-order valence-electron chi connectivity index (χ4n) is 4.42. The molecule has 0 aromatic carbocycles. The fraction of sp³-hybridized carbons (Fsp3) is 1.00. The van der Waals surface area contributed by atoms with Crippen LogP contribution in [0.3, 0.4) is 0 Å². The average Bonchev–Trinajstić information content (AvgIpc) is 2.98. The number of halogens is 1. The second kappa shape index (κ2) is 6.11. The molecule has 2 atom stereocenters. The van der Waals surface area contributed by atoms with Crippen molar-refractivity contribution in [1.82, 2.24) is 10.2 Å². The molecule has 1 aliphatic carbocycles. The van der Waals surface area contributed by atoms with Gasteiger partial charge in [0.15, 0.2) is 0 Å². The van der Waals surface area contributed by atoms with Crippen LogP contribution in [0.5, 0.6) is 0 Å². The van der Waals surface area contributed by atoms with Crippen LogP contribution in [-0.2, 0) is 0 Å². The Balaban J connectivity index is 0.00000120. The molecule has 106 valence electrons. The van der Waals surface area contributed by atoms with Gasteiger partial charge in [0.25, 0.3) is 0 Å². The van der Waals surface area contributed by atoms with Crippen molar-refractivity contribution in [1.29, 1.82) is 0 Å². The summed E-state index contributed by atoms with van der Waals surface area (Å²) in [5.41, 5.74) is 0.557. The Hall–Kier alpha value is 0.210. The SMILES string of the molecule is CC1(CN2CCCC2C2CCCC2)CCNC1.Cl. The van der Waals surface area contributed by atoms with Crippen molar-refractivity contribution < 1.29 is 0 Å². The van der Waals surface area contributed by atoms with E-state index in [0.29, 0.717) is 5.41 Å². The molecule has 0 spiro atoms. The topological polar surface area (TPSA) is 15.3 Å². The average molecular weight is 273 g/mol. The van der Waals surface area contributed by atoms with Gasteiger partial charge in [0.05, 0.1) is 0 Å². The predicted molar refractivity (Wildman–Crippen MR) is 79.4 cm³/mol. The van der Waals surface area contributed by atoms with Crippen LogP contribution in [0.15, 0.2) is 0 Å². The van der Waals surface area contributed by atoms with Gasteiger partial charge in [0.2, 0.25) is 0 Å². The Bertz CT molecular complexity index is 257. The monoisotopic (exact) mass is 272 g/mol. The number of hydrogen-bond acceptors (Lipinski definition) is 2. The maximum atomic E-state index is 3.54. The summed E-state index contributed by atoms with van der Waals surface area (Å²) >= 11 is 0. The molecule has 2 nitrogen and oxygen atoms in total. The molecule has 2 aliphatic heterocycles. The molecule has 2 unspecified atom stereocenters. The number of nitrogens with one attached hydrogen (secondary N) is 1. The van der Waals surface area contributed by atoms with Crippen LogP contribution in [0.25, 0.3) is 0 Å². The van der Waals surface area contributed by atoms with E-state index in [1.165, 1.54) is 71.1 Å². The van der Waals surface area contributed by atoms with Gasteiger partial charge in [-0.15, -0.1) is 12.4 Å². The lowest BCUT2D eigenvalue weighted by Crippen LogP contribution is -2.42. The maximum Gasteiger partial charge on any atom is 0.0124 e. The van der Waals surface area contributed by atoms with Crippen LogP contribution in [0.4, 0.5) is 0 Å². The van der Waals surface area contributed by atoms with Gasteiger partial charge < -0.3 is 5.32 Å². The summed E-state index contributed by atoms with van der Waals surface area (Å²) < 4.78 is 0. The summed E-state index contributed by atoms with van der Waals surface area (Å²) in [7, 11) is 0. The molecular formula is C15H29ClN2.